The smallest absolute Gasteiger partial charge is 0.240 e. The van der Waals surface area contributed by atoms with Gasteiger partial charge in [-0.15, -0.1) is 0 Å². The van der Waals surface area contributed by atoms with Crippen LogP contribution in [0.3, 0.4) is 0 Å². The fourth-order valence-corrected chi connectivity index (χ4v) is 4.62. The SMILES string of the molecule is CCN(CC)c1ccc(CNS(=O)(=O)c2ccc3c(c2)CCN3C(C)=O)cc1. The second kappa shape index (κ2) is 8.32. The van der Waals surface area contributed by atoms with Crippen molar-refractivity contribution in [1.82, 2.24) is 4.72 Å². The van der Waals surface area contributed by atoms with Crippen molar-refractivity contribution >= 4 is 27.3 Å². The van der Waals surface area contributed by atoms with Crippen molar-refractivity contribution in [3.8, 4) is 0 Å². The lowest BCUT2D eigenvalue weighted by Gasteiger charge is -2.21. The molecule has 3 rings (SSSR count). The molecule has 1 aliphatic heterocycles. The molecule has 6 nitrogen and oxygen atoms in total. The number of nitrogens with zero attached hydrogens (tertiary/aromatic N) is 2. The van der Waals surface area contributed by atoms with Gasteiger partial charge in [0.25, 0.3) is 0 Å². The summed E-state index contributed by atoms with van der Waals surface area (Å²) in [5, 5.41) is 0. The molecular formula is C21H27N3O3S. The number of hydrogen-bond acceptors (Lipinski definition) is 4. The maximum absolute atomic E-state index is 12.7. The predicted molar refractivity (Wildman–Crippen MR) is 112 cm³/mol. The zero-order valence-electron chi connectivity index (χ0n) is 16.6. The van der Waals surface area contributed by atoms with E-state index in [4.69, 9.17) is 0 Å². The zero-order valence-corrected chi connectivity index (χ0v) is 17.4. The Morgan fingerprint density at radius 3 is 2.39 bits per heavy atom. The van der Waals surface area contributed by atoms with Crippen molar-refractivity contribution in [1.29, 1.82) is 0 Å². The monoisotopic (exact) mass is 401 g/mol. The molecule has 0 spiro atoms. The summed E-state index contributed by atoms with van der Waals surface area (Å²) in [6.07, 6.45) is 0.672. The van der Waals surface area contributed by atoms with Gasteiger partial charge in [-0.05, 0) is 61.7 Å². The van der Waals surface area contributed by atoms with Crippen LogP contribution in [0.15, 0.2) is 47.4 Å². The standard InChI is InChI=1S/C21H27N3O3S/c1-4-23(5-2)19-8-6-17(7-9-19)15-22-28(26,27)20-10-11-21-18(14-20)12-13-24(21)16(3)25/h6-11,14,22H,4-5,12-13,15H2,1-3H3. The molecule has 0 bridgehead atoms. The van der Waals surface area contributed by atoms with Gasteiger partial charge in [0.2, 0.25) is 15.9 Å². The number of rotatable bonds is 7. The molecule has 7 heteroatoms. The van der Waals surface area contributed by atoms with Gasteiger partial charge in [0, 0.05) is 44.5 Å². The van der Waals surface area contributed by atoms with Crippen molar-refractivity contribution < 1.29 is 13.2 Å². The molecule has 2 aromatic carbocycles. The van der Waals surface area contributed by atoms with Crippen LogP contribution in [0.2, 0.25) is 0 Å². The molecule has 0 fully saturated rings. The summed E-state index contributed by atoms with van der Waals surface area (Å²) in [5.74, 6) is -0.0272. The van der Waals surface area contributed by atoms with Crippen LogP contribution in [0.25, 0.3) is 0 Å². The van der Waals surface area contributed by atoms with Crippen molar-refractivity contribution in [2.75, 3.05) is 29.4 Å². The molecule has 150 valence electrons. The van der Waals surface area contributed by atoms with Gasteiger partial charge in [0.15, 0.2) is 0 Å². The van der Waals surface area contributed by atoms with Gasteiger partial charge >= 0.3 is 0 Å². The highest BCUT2D eigenvalue weighted by Gasteiger charge is 2.24. The van der Waals surface area contributed by atoms with Gasteiger partial charge in [-0.25, -0.2) is 13.1 Å². The Morgan fingerprint density at radius 1 is 1.11 bits per heavy atom. The first-order valence-corrected chi connectivity index (χ1v) is 11.1. The van der Waals surface area contributed by atoms with E-state index in [1.165, 1.54) is 6.92 Å². The van der Waals surface area contributed by atoms with Gasteiger partial charge < -0.3 is 9.80 Å². The van der Waals surface area contributed by atoms with E-state index in [1.807, 2.05) is 24.3 Å². The summed E-state index contributed by atoms with van der Waals surface area (Å²) in [6.45, 7) is 8.43. The molecule has 28 heavy (non-hydrogen) atoms. The van der Waals surface area contributed by atoms with Crippen LogP contribution in [0, 0.1) is 0 Å². The van der Waals surface area contributed by atoms with Crippen LogP contribution in [0.5, 0.6) is 0 Å². The number of carbonyl (C=O) groups excluding carboxylic acids is 1. The summed E-state index contributed by atoms with van der Waals surface area (Å²) >= 11 is 0. The minimum atomic E-state index is -3.62. The Bertz CT molecular complexity index is 951. The van der Waals surface area contributed by atoms with E-state index in [2.05, 4.69) is 23.5 Å². The molecule has 0 aliphatic carbocycles. The highest BCUT2D eigenvalue weighted by atomic mass is 32.2. The average molecular weight is 402 g/mol. The fraction of sp³-hybridized carbons (Fsp3) is 0.381. The number of carbonyl (C=O) groups is 1. The molecular weight excluding hydrogens is 374 g/mol. The lowest BCUT2D eigenvalue weighted by atomic mass is 10.2. The first-order valence-electron chi connectivity index (χ1n) is 9.60. The largest absolute Gasteiger partial charge is 0.372 e. The average Bonchev–Trinajstić information content (AvgIpc) is 3.12. The zero-order chi connectivity index (χ0) is 20.3. The third kappa shape index (κ3) is 4.20. The van der Waals surface area contributed by atoms with Crippen molar-refractivity contribution in [2.45, 2.75) is 38.6 Å². The third-order valence-corrected chi connectivity index (χ3v) is 6.57. The van der Waals surface area contributed by atoms with Crippen LogP contribution >= 0.6 is 0 Å². The number of benzene rings is 2. The molecule has 0 unspecified atom stereocenters. The number of sulfonamides is 1. The van der Waals surface area contributed by atoms with E-state index in [1.54, 1.807) is 23.1 Å². The van der Waals surface area contributed by atoms with Crippen molar-refractivity contribution in [3.63, 3.8) is 0 Å². The number of hydrogen-bond donors (Lipinski definition) is 1. The number of nitrogens with one attached hydrogen (secondary N) is 1. The van der Waals surface area contributed by atoms with Gasteiger partial charge in [-0.1, -0.05) is 12.1 Å². The van der Waals surface area contributed by atoms with Crippen LogP contribution in [0.1, 0.15) is 31.9 Å². The van der Waals surface area contributed by atoms with E-state index in [-0.39, 0.29) is 17.3 Å². The normalized spacial score (nSPS) is 13.5. The Kier molecular flexibility index (Phi) is 6.05. The Labute approximate surface area is 167 Å². The third-order valence-electron chi connectivity index (χ3n) is 5.17. The highest BCUT2D eigenvalue weighted by molar-refractivity contribution is 7.89. The second-order valence-corrected chi connectivity index (χ2v) is 8.64. The van der Waals surface area contributed by atoms with Gasteiger partial charge in [-0.2, -0.15) is 0 Å². The van der Waals surface area contributed by atoms with E-state index in [0.717, 1.165) is 35.6 Å². The molecule has 0 atom stereocenters. The molecule has 0 saturated heterocycles. The Hall–Kier alpha value is -2.38. The summed E-state index contributed by atoms with van der Waals surface area (Å²) in [7, 11) is -3.62. The molecule has 2 aromatic rings. The van der Waals surface area contributed by atoms with E-state index >= 15 is 0 Å². The minimum absolute atomic E-state index is 0.0272. The summed E-state index contributed by atoms with van der Waals surface area (Å²) in [6, 6.07) is 12.9. The van der Waals surface area contributed by atoms with Gasteiger partial charge in [0.05, 0.1) is 4.90 Å². The molecule has 1 aliphatic rings. The molecule has 1 heterocycles. The minimum Gasteiger partial charge on any atom is -0.372 e. The lowest BCUT2D eigenvalue weighted by Crippen LogP contribution is -2.26. The molecule has 1 N–H and O–H groups in total. The maximum Gasteiger partial charge on any atom is 0.240 e. The van der Waals surface area contributed by atoms with Crippen molar-refractivity contribution in [3.05, 3.63) is 53.6 Å². The van der Waals surface area contributed by atoms with Crippen LogP contribution < -0.4 is 14.5 Å². The van der Waals surface area contributed by atoms with Crippen molar-refractivity contribution in [2.24, 2.45) is 0 Å². The molecule has 0 saturated carbocycles. The van der Waals surface area contributed by atoms with E-state index in [9.17, 15) is 13.2 Å². The molecule has 0 radical (unpaired) electrons. The summed E-state index contributed by atoms with van der Waals surface area (Å²) in [5.41, 5.74) is 3.73. The highest BCUT2D eigenvalue weighted by Crippen LogP contribution is 2.30. The summed E-state index contributed by atoms with van der Waals surface area (Å²) < 4.78 is 28.0. The van der Waals surface area contributed by atoms with Crippen LogP contribution in [-0.2, 0) is 27.8 Å². The Balaban J connectivity index is 1.70. The second-order valence-electron chi connectivity index (χ2n) is 6.87. The van der Waals surface area contributed by atoms with Crippen LogP contribution in [0.4, 0.5) is 11.4 Å². The van der Waals surface area contributed by atoms with Gasteiger partial charge in [0.1, 0.15) is 0 Å². The number of fused-ring (bicyclic) bond motifs is 1. The fourth-order valence-electron chi connectivity index (χ4n) is 3.55. The van der Waals surface area contributed by atoms with Crippen LogP contribution in [-0.4, -0.2) is 34.0 Å². The maximum atomic E-state index is 12.7. The lowest BCUT2D eigenvalue weighted by molar-refractivity contribution is -0.116. The summed E-state index contributed by atoms with van der Waals surface area (Å²) in [4.78, 5) is 15.8. The topological polar surface area (TPSA) is 69.7 Å². The predicted octanol–water partition coefficient (Wildman–Crippen LogP) is 2.92. The van der Waals surface area contributed by atoms with E-state index in [0.29, 0.717) is 13.0 Å². The van der Waals surface area contributed by atoms with Gasteiger partial charge in [-0.3, -0.25) is 4.79 Å². The number of anilines is 2. The quantitative estimate of drug-likeness (QED) is 0.775. The van der Waals surface area contributed by atoms with E-state index < -0.39 is 10.0 Å². The first-order chi connectivity index (χ1) is 13.4. The Morgan fingerprint density at radius 2 is 1.79 bits per heavy atom. The number of amides is 1. The molecule has 0 aromatic heterocycles. The first kappa shape index (κ1) is 20.4. The molecule has 1 amide bonds.